The predicted molar refractivity (Wildman–Crippen MR) is 28.3 cm³/mol. The average Bonchev–Trinajstić information content (AvgIpc) is 1.83. The smallest absolute Gasteiger partial charge is 0.305 e. The normalized spacial score (nSPS) is 8.75. The van der Waals surface area contributed by atoms with Crippen LogP contribution in [0.2, 0.25) is 0 Å². The van der Waals surface area contributed by atoms with Crippen LogP contribution in [0.25, 0.3) is 0 Å². The number of esters is 1. The van der Waals surface area contributed by atoms with Crippen molar-refractivity contribution in [1.82, 2.24) is 0 Å². The van der Waals surface area contributed by atoms with Crippen LogP contribution < -0.4 is 0 Å². The quantitative estimate of drug-likeness (QED) is 0.528. The third kappa shape index (κ3) is 3.61. The molecule has 0 fully saturated rings. The second-order valence-electron chi connectivity index (χ2n) is 1.40. The highest BCUT2D eigenvalue weighted by atomic mass is 16.5. The van der Waals surface area contributed by atoms with Crippen LogP contribution in [0.15, 0.2) is 0 Å². The number of carbonyl (C=O) groups excluding carboxylic acids is 1. The third-order valence-corrected chi connectivity index (χ3v) is 0.767. The maximum absolute atomic E-state index is 10.2. The fraction of sp³-hybridized carbons (Fsp3) is 0.800. The van der Waals surface area contributed by atoms with Crippen molar-refractivity contribution in [3.8, 4) is 0 Å². The van der Waals surface area contributed by atoms with Gasteiger partial charge < -0.3 is 9.84 Å². The van der Waals surface area contributed by atoms with E-state index >= 15 is 0 Å². The molecule has 0 spiro atoms. The number of ether oxygens (including phenoxy) is 1. The molecular weight excluding hydrogens is 108 g/mol. The number of aliphatic hydroxyl groups is 1. The van der Waals surface area contributed by atoms with E-state index in [4.69, 9.17) is 5.11 Å². The van der Waals surface area contributed by atoms with Gasteiger partial charge in [-0.3, -0.25) is 4.79 Å². The number of carbonyl (C=O) groups is 1. The van der Waals surface area contributed by atoms with E-state index in [1.807, 2.05) is 0 Å². The summed E-state index contributed by atoms with van der Waals surface area (Å²) in [5, 5.41) is 8.20. The zero-order chi connectivity index (χ0) is 6.41. The van der Waals surface area contributed by atoms with Crippen molar-refractivity contribution < 1.29 is 14.6 Å². The van der Waals surface area contributed by atoms with Gasteiger partial charge in [-0.15, -0.1) is 0 Å². The Balaban J connectivity index is 2.99. The highest BCUT2D eigenvalue weighted by Gasteiger charge is 1.95. The van der Waals surface area contributed by atoms with Crippen molar-refractivity contribution in [3.05, 3.63) is 0 Å². The Bertz CT molecular complexity index is 70.1. The van der Waals surface area contributed by atoms with Gasteiger partial charge in [-0.2, -0.15) is 0 Å². The number of methoxy groups -OCH3 is 1. The minimum Gasteiger partial charge on any atom is -0.469 e. The van der Waals surface area contributed by atoms with Crippen LogP contribution in [0.5, 0.6) is 0 Å². The summed E-state index contributed by atoms with van der Waals surface area (Å²) >= 11 is 0. The molecule has 0 aromatic heterocycles. The zero-order valence-electron chi connectivity index (χ0n) is 4.89. The maximum Gasteiger partial charge on any atom is 0.305 e. The van der Waals surface area contributed by atoms with Gasteiger partial charge in [0.1, 0.15) is 0 Å². The van der Waals surface area contributed by atoms with Crippen molar-refractivity contribution in [2.24, 2.45) is 0 Å². The van der Waals surface area contributed by atoms with Crippen LogP contribution in [-0.2, 0) is 9.53 Å². The van der Waals surface area contributed by atoms with Gasteiger partial charge in [0.2, 0.25) is 0 Å². The van der Waals surface area contributed by atoms with Crippen molar-refractivity contribution in [2.45, 2.75) is 12.8 Å². The van der Waals surface area contributed by atoms with Gasteiger partial charge in [-0.05, 0) is 6.42 Å². The predicted octanol–water partition coefficient (Wildman–Crippen LogP) is -0.0681. The first-order chi connectivity index (χ1) is 3.81. The fourth-order valence-corrected chi connectivity index (χ4v) is 0.325. The van der Waals surface area contributed by atoms with Crippen LogP contribution >= 0.6 is 0 Å². The van der Waals surface area contributed by atoms with Crippen LogP contribution in [0.3, 0.4) is 0 Å². The summed E-state index contributed by atoms with van der Waals surface area (Å²) in [7, 11) is 1.33. The van der Waals surface area contributed by atoms with E-state index in [-0.39, 0.29) is 12.6 Å². The summed E-state index contributed by atoms with van der Waals surface area (Å²) in [5.74, 6) is -0.265. The molecule has 0 rings (SSSR count). The molecule has 48 valence electrons. The van der Waals surface area contributed by atoms with Gasteiger partial charge in [0.05, 0.1) is 7.11 Å². The highest BCUT2D eigenvalue weighted by molar-refractivity contribution is 5.68. The number of aliphatic hydroxyl groups excluding tert-OH is 1. The largest absolute Gasteiger partial charge is 0.469 e. The van der Waals surface area contributed by atoms with Crippen molar-refractivity contribution in [2.75, 3.05) is 13.7 Å². The van der Waals surface area contributed by atoms with Gasteiger partial charge in [0.25, 0.3) is 0 Å². The summed E-state index contributed by atoms with van der Waals surface area (Å²) in [6.07, 6.45) is 0.805. The molecule has 0 amide bonds. The number of hydrogen-bond donors (Lipinski definition) is 1. The standard InChI is InChI=1S/C5H10O3/c1-8-5(7)3-2-4-6/h6H,2-4H2,1H3. The topological polar surface area (TPSA) is 46.5 Å². The van der Waals surface area contributed by atoms with Crippen LogP contribution in [0.1, 0.15) is 12.8 Å². The third-order valence-electron chi connectivity index (χ3n) is 0.767. The number of rotatable bonds is 3. The van der Waals surface area contributed by atoms with E-state index < -0.39 is 0 Å². The van der Waals surface area contributed by atoms with E-state index in [0.717, 1.165) is 0 Å². The van der Waals surface area contributed by atoms with E-state index in [1.54, 1.807) is 0 Å². The second-order valence-corrected chi connectivity index (χ2v) is 1.40. The number of hydrogen-bond acceptors (Lipinski definition) is 3. The molecule has 0 aliphatic rings. The van der Waals surface area contributed by atoms with Gasteiger partial charge in [-0.25, -0.2) is 0 Å². The average molecular weight is 118 g/mol. The maximum atomic E-state index is 10.2. The molecule has 0 saturated carbocycles. The van der Waals surface area contributed by atoms with E-state index in [2.05, 4.69) is 4.74 Å². The van der Waals surface area contributed by atoms with E-state index in [9.17, 15) is 4.79 Å². The lowest BCUT2D eigenvalue weighted by Crippen LogP contribution is -2.00. The second kappa shape index (κ2) is 4.59. The van der Waals surface area contributed by atoms with Crippen LogP contribution in [0, 0.1) is 0 Å². The molecule has 3 heteroatoms. The molecule has 0 bridgehead atoms. The summed E-state index contributed by atoms with van der Waals surface area (Å²) in [6.45, 7) is 0.0507. The lowest BCUT2D eigenvalue weighted by atomic mass is 10.3. The Labute approximate surface area is 48.3 Å². The summed E-state index contributed by atoms with van der Waals surface area (Å²) in [4.78, 5) is 10.2. The highest BCUT2D eigenvalue weighted by Crippen LogP contribution is 1.87. The fourth-order valence-electron chi connectivity index (χ4n) is 0.325. The molecule has 0 saturated heterocycles. The lowest BCUT2D eigenvalue weighted by Gasteiger charge is -1.93. The van der Waals surface area contributed by atoms with Gasteiger partial charge in [0.15, 0.2) is 0 Å². The van der Waals surface area contributed by atoms with Crippen molar-refractivity contribution in [1.29, 1.82) is 0 Å². The van der Waals surface area contributed by atoms with Crippen molar-refractivity contribution in [3.63, 3.8) is 0 Å². The Hall–Kier alpha value is -0.570. The molecule has 0 aromatic rings. The molecule has 0 radical (unpaired) electrons. The SMILES string of the molecule is COC(=O)CCCO. The van der Waals surface area contributed by atoms with E-state index in [0.29, 0.717) is 12.8 Å². The Morgan fingerprint density at radius 3 is 2.75 bits per heavy atom. The molecule has 0 heterocycles. The van der Waals surface area contributed by atoms with Crippen LogP contribution in [-0.4, -0.2) is 24.8 Å². The Morgan fingerprint density at radius 1 is 1.75 bits per heavy atom. The molecule has 0 atom stereocenters. The van der Waals surface area contributed by atoms with Crippen LogP contribution in [0.4, 0.5) is 0 Å². The Morgan fingerprint density at radius 2 is 2.38 bits per heavy atom. The first kappa shape index (κ1) is 7.43. The summed E-state index contributed by atoms with van der Waals surface area (Å²) in [6, 6.07) is 0. The monoisotopic (exact) mass is 118 g/mol. The van der Waals surface area contributed by atoms with Crippen molar-refractivity contribution >= 4 is 5.97 Å². The minimum atomic E-state index is -0.265. The van der Waals surface area contributed by atoms with Gasteiger partial charge in [-0.1, -0.05) is 0 Å². The summed E-state index contributed by atoms with van der Waals surface area (Å²) < 4.78 is 4.30. The molecule has 0 aliphatic heterocycles. The molecular formula is C5H10O3. The summed E-state index contributed by atoms with van der Waals surface area (Å²) in [5.41, 5.74) is 0. The molecule has 8 heavy (non-hydrogen) atoms. The van der Waals surface area contributed by atoms with E-state index in [1.165, 1.54) is 7.11 Å². The Kier molecular flexibility index (Phi) is 4.26. The molecule has 3 nitrogen and oxygen atoms in total. The van der Waals surface area contributed by atoms with Gasteiger partial charge in [0, 0.05) is 13.0 Å². The molecule has 0 aliphatic carbocycles. The first-order valence-electron chi connectivity index (χ1n) is 2.49. The zero-order valence-corrected chi connectivity index (χ0v) is 4.89. The molecule has 0 unspecified atom stereocenters. The molecule has 0 aromatic carbocycles. The lowest BCUT2D eigenvalue weighted by molar-refractivity contribution is -0.140. The minimum absolute atomic E-state index is 0.0507. The van der Waals surface area contributed by atoms with Gasteiger partial charge >= 0.3 is 5.97 Å². The molecule has 1 N–H and O–H groups in total. The first-order valence-corrected chi connectivity index (χ1v) is 2.49.